The lowest BCUT2D eigenvalue weighted by atomic mass is 10.1. The minimum absolute atomic E-state index is 0.244. The van der Waals surface area contributed by atoms with E-state index in [0.29, 0.717) is 0 Å². The quantitative estimate of drug-likeness (QED) is 0.838. The van der Waals surface area contributed by atoms with Crippen molar-refractivity contribution in [3.05, 3.63) is 47.5 Å². The van der Waals surface area contributed by atoms with Gasteiger partial charge in [-0.1, -0.05) is 30.3 Å². The summed E-state index contributed by atoms with van der Waals surface area (Å²) in [7, 11) is 0. The second kappa shape index (κ2) is 4.30. The number of hydrogen-bond donors (Lipinski definition) is 1. The Morgan fingerprint density at radius 1 is 1.24 bits per heavy atom. The molecule has 2 heterocycles. The van der Waals surface area contributed by atoms with E-state index >= 15 is 0 Å². The third kappa shape index (κ3) is 2.08. The van der Waals surface area contributed by atoms with Gasteiger partial charge < -0.3 is 10.3 Å². The molecule has 2 aromatic rings. The number of aromatic nitrogens is 3. The van der Waals surface area contributed by atoms with E-state index in [4.69, 9.17) is 5.73 Å². The van der Waals surface area contributed by atoms with Gasteiger partial charge in [-0.25, -0.2) is 0 Å². The Labute approximate surface area is 100 Å². The van der Waals surface area contributed by atoms with Gasteiger partial charge in [0.2, 0.25) is 0 Å². The van der Waals surface area contributed by atoms with Gasteiger partial charge in [-0.15, -0.1) is 10.2 Å². The first-order chi connectivity index (χ1) is 8.33. The first kappa shape index (κ1) is 10.5. The molecule has 0 unspecified atom stereocenters. The fourth-order valence-corrected chi connectivity index (χ4v) is 2.32. The molecule has 1 atom stereocenters. The van der Waals surface area contributed by atoms with E-state index in [2.05, 4.69) is 39.0 Å². The Kier molecular flexibility index (Phi) is 2.65. The van der Waals surface area contributed by atoms with Gasteiger partial charge in [-0.05, 0) is 12.0 Å². The summed E-state index contributed by atoms with van der Waals surface area (Å²) in [5.74, 6) is 2.11. The summed E-state index contributed by atoms with van der Waals surface area (Å²) >= 11 is 0. The van der Waals surface area contributed by atoms with Gasteiger partial charge in [0.1, 0.15) is 11.6 Å². The highest BCUT2D eigenvalue weighted by molar-refractivity contribution is 5.19. The van der Waals surface area contributed by atoms with Crippen LogP contribution in [0.25, 0.3) is 0 Å². The summed E-state index contributed by atoms with van der Waals surface area (Å²) in [5.41, 5.74) is 7.26. The third-order valence-electron chi connectivity index (χ3n) is 3.26. The Bertz CT molecular complexity index is 503. The van der Waals surface area contributed by atoms with E-state index in [1.54, 1.807) is 0 Å². The summed E-state index contributed by atoms with van der Waals surface area (Å²) in [6.07, 6.45) is 2.80. The smallest absolute Gasteiger partial charge is 0.137 e. The van der Waals surface area contributed by atoms with Gasteiger partial charge in [0.15, 0.2) is 0 Å². The molecular formula is C13H16N4. The van der Waals surface area contributed by atoms with Crippen LogP contribution in [-0.2, 0) is 19.4 Å². The number of fused-ring (bicyclic) bond motifs is 1. The minimum Gasteiger partial charge on any atom is -0.326 e. The fraction of sp³-hybridized carbons (Fsp3) is 0.385. The first-order valence-electron chi connectivity index (χ1n) is 6.03. The molecule has 1 aliphatic rings. The highest BCUT2D eigenvalue weighted by Gasteiger charge is 2.20. The van der Waals surface area contributed by atoms with Gasteiger partial charge in [0.05, 0.1) is 0 Å². The molecule has 88 valence electrons. The largest absolute Gasteiger partial charge is 0.326 e. The molecule has 0 bridgehead atoms. The number of rotatable bonds is 2. The molecule has 0 amide bonds. The second-order valence-corrected chi connectivity index (χ2v) is 4.60. The summed E-state index contributed by atoms with van der Waals surface area (Å²) in [6.45, 7) is 0.852. The fourth-order valence-electron chi connectivity index (χ4n) is 2.32. The minimum atomic E-state index is 0.244. The summed E-state index contributed by atoms with van der Waals surface area (Å²) in [4.78, 5) is 0. The second-order valence-electron chi connectivity index (χ2n) is 4.60. The van der Waals surface area contributed by atoms with Crippen LogP contribution >= 0.6 is 0 Å². The molecule has 0 saturated carbocycles. The van der Waals surface area contributed by atoms with Crippen molar-refractivity contribution in [2.45, 2.75) is 31.8 Å². The molecule has 0 radical (unpaired) electrons. The van der Waals surface area contributed by atoms with Crippen molar-refractivity contribution in [2.24, 2.45) is 5.73 Å². The van der Waals surface area contributed by atoms with E-state index in [1.807, 2.05) is 6.07 Å². The molecule has 2 N–H and O–H groups in total. The average molecular weight is 228 g/mol. The van der Waals surface area contributed by atoms with Crippen molar-refractivity contribution < 1.29 is 0 Å². The number of benzene rings is 1. The van der Waals surface area contributed by atoms with E-state index in [0.717, 1.165) is 37.5 Å². The van der Waals surface area contributed by atoms with Crippen molar-refractivity contribution in [1.82, 2.24) is 14.8 Å². The van der Waals surface area contributed by atoms with Crippen molar-refractivity contribution >= 4 is 0 Å². The standard InChI is InChI=1S/C13H16N4/c14-11-6-7-12-15-16-13(17(12)9-11)8-10-4-2-1-3-5-10/h1-5,11H,6-9,14H2/t11-/m1/s1. The summed E-state index contributed by atoms with van der Waals surface area (Å²) < 4.78 is 2.18. The van der Waals surface area contributed by atoms with Crippen molar-refractivity contribution in [2.75, 3.05) is 0 Å². The lowest BCUT2D eigenvalue weighted by Crippen LogP contribution is -2.32. The van der Waals surface area contributed by atoms with Crippen LogP contribution in [0.5, 0.6) is 0 Å². The molecule has 1 aliphatic heterocycles. The summed E-state index contributed by atoms with van der Waals surface area (Å²) in [6, 6.07) is 10.6. The normalized spacial score (nSPS) is 19.0. The number of nitrogens with zero attached hydrogens (tertiary/aromatic N) is 3. The predicted octanol–water partition coefficient (Wildman–Crippen LogP) is 1.14. The predicted molar refractivity (Wildman–Crippen MR) is 65.6 cm³/mol. The van der Waals surface area contributed by atoms with E-state index in [1.165, 1.54) is 5.56 Å². The highest BCUT2D eigenvalue weighted by Crippen LogP contribution is 2.16. The van der Waals surface area contributed by atoms with Crippen LogP contribution in [0.4, 0.5) is 0 Å². The lowest BCUT2D eigenvalue weighted by molar-refractivity contribution is 0.445. The monoisotopic (exact) mass is 228 g/mol. The molecular weight excluding hydrogens is 212 g/mol. The zero-order valence-corrected chi connectivity index (χ0v) is 9.71. The van der Waals surface area contributed by atoms with Gasteiger partial charge in [-0.3, -0.25) is 0 Å². The van der Waals surface area contributed by atoms with Crippen LogP contribution < -0.4 is 5.73 Å². The Balaban J connectivity index is 1.87. The molecule has 4 nitrogen and oxygen atoms in total. The van der Waals surface area contributed by atoms with Crippen molar-refractivity contribution in [3.63, 3.8) is 0 Å². The molecule has 0 saturated heterocycles. The van der Waals surface area contributed by atoms with E-state index < -0.39 is 0 Å². The number of nitrogens with two attached hydrogens (primary N) is 1. The molecule has 17 heavy (non-hydrogen) atoms. The van der Waals surface area contributed by atoms with Crippen molar-refractivity contribution in [1.29, 1.82) is 0 Å². The average Bonchev–Trinajstić information content (AvgIpc) is 2.73. The highest BCUT2D eigenvalue weighted by atomic mass is 15.3. The van der Waals surface area contributed by atoms with Gasteiger partial charge in [0, 0.05) is 25.4 Å². The molecule has 0 fully saturated rings. The van der Waals surface area contributed by atoms with Gasteiger partial charge in [-0.2, -0.15) is 0 Å². The maximum Gasteiger partial charge on any atom is 0.137 e. The maximum absolute atomic E-state index is 5.99. The Morgan fingerprint density at radius 2 is 2.06 bits per heavy atom. The molecule has 1 aromatic heterocycles. The van der Waals surface area contributed by atoms with Crippen LogP contribution in [-0.4, -0.2) is 20.8 Å². The van der Waals surface area contributed by atoms with Crippen LogP contribution in [0.3, 0.4) is 0 Å². The molecule has 4 heteroatoms. The summed E-state index contributed by atoms with van der Waals surface area (Å²) in [5, 5.41) is 8.53. The Hall–Kier alpha value is -1.68. The molecule has 0 aliphatic carbocycles. The maximum atomic E-state index is 5.99. The first-order valence-corrected chi connectivity index (χ1v) is 6.03. The van der Waals surface area contributed by atoms with Crippen LogP contribution in [0.15, 0.2) is 30.3 Å². The van der Waals surface area contributed by atoms with E-state index in [-0.39, 0.29) is 6.04 Å². The SMILES string of the molecule is N[C@@H]1CCc2nnc(Cc3ccccc3)n2C1. The van der Waals surface area contributed by atoms with Crippen LogP contribution in [0.1, 0.15) is 23.6 Å². The zero-order chi connectivity index (χ0) is 11.7. The third-order valence-corrected chi connectivity index (χ3v) is 3.26. The molecule has 0 spiro atoms. The Morgan fingerprint density at radius 3 is 2.88 bits per heavy atom. The topological polar surface area (TPSA) is 56.7 Å². The van der Waals surface area contributed by atoms with Gasteiger partial charge in [0.25, 0.3) is 0 Å². The zero-order valence-electron chi connectivity index (χ0n) is 9.71. The molecule has 3 rings (SSSR count). The molecule has 1 aromatic carbocycles. The number of aryl methyl sites for hydroxylation is 1. The van der Waals surface area contributed by atoms with Gasteiger partial charge >= 0.3 is 0 Å². The lowest BCUT2D eigenvalue weighted by Gasteiger charge is -2.20. The number of hydrogen-bond acceptors (Lipinski definition) is 3. The van der Waals surface area contributed by atoms with Crippen LogP contribution in [0, 0.1) is 0 Å². The van der Waals surface area contributed by atoms with E-state index in [9.17, 15) is 0 Å². The van der Waals surface area contributed by atoms with Crippen LogP contribution in [0.2, 0.25) is 0 Å². The van der Waals surface area contributed by atoms with Crippen molar-refractivity contribution in [3.8, 4) is 0 Å².